The number of carbonyl (C=O) groups is 4. The number of hydrogen-bond acceptors (Lipinski definition) is 21. The third kappa shape index (κ3) is 18.3. The quantitative estimate of drug-likeness (QED) is 0.0810. The molecule has 123 heavy (non-hydrogen) atoms. The van der Waals surface area contributed by atoms with E-state index in [2.05, 4.69) is 0 Å². The van der Waals surface area contributed by atoms with Crippen LogP contribution in [-0.2, 0) is 28.2 Å². The Balaban J connectivity index is 0.000000141. The van der Waals surface area contributed by atoms with Crippen molar-refractivity contribution in [2.45, 2.75) is 0 Å². The van der Waals surface area contributed by atoms with Crippen LogP contribution in [0.2, 0.25) is 35.2 Å². The van der Waals surface area contributed by atoms with Gasteiger partial charge in [0.1, 0.15) is 28.6 Å². The molecule has 16 rings (SSSR count). The van der Waals surface area contributed by atoms with E-state index in [-0.39, 0.29) is 51.4 Å². The van der Waals surface area contributed by atoms with E-state index in [1.165, 1.54) is 88.1 Å². The van der Waals surface area contributed by atoms with Gasteiger partial charge in [-0.25, -0.2) is 4.39 Å². The maximum atomic E-state index is 13.1. The lowest BCUT2D eigenvalue weighted by atomic mass is 10.1. The number of nitrogens with zero attached hydrogens (tertiary/aromatic N) is 16. The summed E-state index contributed by atoms with van der Waals surface area (Å²) < 4.78 is 18.1. The van der Waals surface area contributed by atoms with E-state index in [9.17, 15) is 83.2 Å². The molecule has 0 radical (unpaired) electrons. The highest BCUT2D eigenvalue weighted by Crippen LogP contribution is 2.41. The fourth-order valence-corrected chi connectivity index (χ4v) is 17.1. The second-order valence-corrected chi connectivity index (χ2v) is 32.6. The predicted molar refractivity (Wildman–Crippen MR) is 475 cm³/mol. The van der Waals surface area contributed by atoms with E-state index < -0.39 is 70.5 Å². The molecule has 7 aromatic carbocycles. The van der Waals surface area contributed by atoms with Crippen LogP contribution >= 0.6 is 92.5 Å². The Morgan fingerprint density at radius 2 is 0.585 bits per heavy atom. The van der Waals surface area contributed by atoms with Crippen molar-refractivity contribution in [2.75, 3.05) is 124 Å². The van der Waals surface area contributed by atoms with Crippen molar-refractivity contribution >= 4 is 205 Å². The number of benzene rings is 7. The molecule has 636 valence electrons. The molecule has 5 aromatic heterocycles. The summed E-state index contributed by atoms with van der Waals surface area (Å²) in [4.78, 5) is 161. The van der Waals surface area contributed by atoms with Crippen LogP contribution in [0.4, 0.5) is 49.9 Å². The van der Waals surface area contributed by atoms with E-state index in [1.54, 1.807) is 154 Å². The molecule has 0 spiro atoms. The smallest absolute Gasteiger partial charge is 0.357 e. The number of amides is 4. The normalized spacial score (nSPS) is 14.2. The Kier molecular flexibility index (Phi) is 26.8. The van der Waals surface area contributed by atoms with Crippen LogP contribution in [0.15, 0.2) is 176 Å². The SMILES string of the molecule is Cn1c(=O)c([N+](=O)[O-])c(N2CCN(C(=O)c3ccc(Cl)c(Cl)c3)CC2)c2cc(Cl)ccc21.Cn1c(=O)c([N+](=O)[O-])c(N2CCN(C(=O)c3ccc(Cl)cc3)CC2)c2cc(Cl)ccc21.Cn1c(=O)c([N+](=O)[O-])c(N2CCN(C(=O)c3ccc(F)cc3)CC2)c2cc(Cl)ccc21.Cn1c(=O)c([N+](=O)[O-])c(N2CCN(C(=O)c3cccs3)CC2)c2cc(Cl)ccc21. The second-order valence-electron chi connectivity index (χ2n) is 28.7. The van der Waals surface area contributed by atoms with Gasteiger partial charge in [-0.1, -0.05) is 87.3 Å². The van der Waals surface area contributed by atoms with Gasteiger partial charge in [0.25, 0.3) is 23.6 Å². The Morgan fingerprint density at radius 3 is 0.854 bits per heavy atom. The zero-order valence-corrected chi connectivity index (χ0v) is 71.6. The van der Waals surface area contributed by atoms with E-state index >= 15 is 0 Å². The molecule has 0 saturated carbocycles. The third-order valence-electron chi connectivity index (χ3n) is 21.6. The maximum absolute atomic E-state index is 13.1. The summed E-state index contributed by atoms with van der Waals surface area (Å²) in [5.74, 6) is -1.07. The first-order valence-electron chi connectivity index (χ1n) is 37.7. The molecule has 9 heterocycles. The number of thiophene rings is 1. The number of piperazine rings is 4. The first-order valence-corrected chi connectivity index (χ1v) is 41.2. The Labute approximate surface area is 735 Å². The van der Waals surface area contributed by atoms with Gasteiger partial charge in [-0.05, 0) is 151 Å². The van der Waals surface area contributed by atoms with Gasteiger partial charge in [0.15, 0.2) is 0 Å². The summed E-state index contributed by atoms with van der Waals surface area (Å²) in [5, 5.41) is 54.0. The summed E-state index contributed by atoms with van der Waals surface area (Å²) in [6.45, 7) is 5.40. The first-order chi connectivity index (χ1) is 58.6. The number of nitro groups is 4. The molecule has 4 aliphatic rings. The molecule has 32 nitrogen and oxygen atoms in total. The molecule has 0 bridgehead atoms. The van der Waals surface area contributed by atoms with E-state index in [1.807, 2.05) is 11.4 Å². The van der Waals surface area contributed by atoms with Crippen molar-refractivity contribution in [3.8, 4) is 0 Å². The minimum absolute atomic E-state index is 0.0500. The van der Waals surface area contributed by atoms with Crippen molar-refractivity contribution < 1.29 is 43.3 Å². The second kappa shape index (κ2) is 37.2. The van der Waals surface area contributed by atoms with Gasteiger partial charge in [-0.15, -0.1) is 11.3 Å². The molecular weight excluding hydrogens is 1760 g/mol. The van der Waals surface area contributed by atoms with Crippen molar-refractivity contribution in [1.82, 2.24) is 37.9 Å². The number of fused-ring (bicyclic) bond motifs is 4. The van der Waals surface area contributed by atoms with Crippen molar-refractivity contribution in [3.05, 3.63) is 301 Å². The zero-order chi connectivity index (χ0) is 88.4. The fourth-order valence-electron chi connectivity index (χ4n) is 15.3. The Morgan fingerprint density at radius 1 is 0.325 bits per heavy atom. The summed E-state index contributed by atoms with van der Waals surface area (Å²) in [7, 11) is 5.98. The number of rotatable bonds is 12. The maximum Gasteiger partial charge on any atom is 0.357 e. The highest BCUT2D eigenvalue weighted by molar-refractivity contribution is 7.12. The first kappa shape index (κ1) is 88.5. The Hall–Kier alpha value is -12.3. The van der Waals surface area contributed by atoms with Crippen LogP contribution in [0.25, 0.3) is 43.6 Å². The molecule has 4 fully saturated rings. The van der Waals surface area contributed by atoms with Crippen LogP contribution in [0, 0.1) is 46.3 Å². The lowest BCUT2D eigenvalue weighted by molar-refractivity contribution is -0.385. The van der Waals surface area contributed by atoms with Gasteiger partial charge in [0.05, 0.1) is 56.7 Å². The van der Waals surface area contributed by atoms with E-state index in [4.69, 9.17) is 81.2 Å². The molecule has 12 aromatic rings. The average molecular weight is 1830 g/mol. The van der Waals surface area contributed by atoms with Crippen LogP contribution < -0.4 is 41.8 Å². The molecule has 0 aliphatic carbocycles. The zero-order valence-electron chi connectivity index (χ0n) is 65.4. The van der Waals surface area contributed by atoms with E-state index in [0.29, 0.717) is 200 Å². The number of halogens is 8. The molecule has 41 heteroatoms. The van der Waals surface area contributed by atoms with Gasteiger partial charge in [0, 0.05) is 196 Å². The lowest BCUT2D eigenvalue weighted by Crippen LogP contribution is -2.49. The molecule has 0 unspecified atom stereocenters. The third-order valence-corrected chi connectivity index (χ3v) is 24.4. The van der Waals surface area contributed by atoms with Crippen molar-refractivity contribution in [3.63, 3.8) is 0 Å². The van der Waals surface area contributed by atoms with E-state index in [0.717, 1.165) is 0 Å². The largest absolute Gasteiger partial charge is 0.362 e. The average Bonchev–Trinajstić information content (AvgIpc) is 0.915. The van der Waals surface area contributed by atoms with Gasteiger partial charge < -0.3 is 57.5 Å². The minimum atomic E-state index is -0.709. The Bertz CT molecular complexity index is 6350. The summed E-state index contributed by atoms with van der Waals surface area (Å²) in [5.41, 5.74) is -0.344. The van der Waals surface area contributed by atoms with Gasteiger partial charge in [-0.3, -0.25) is 78.8 Å². The number of hydrogen-bond donors (Lipinski definition) is 0. The summed E-state index contributed by atoms with van der Waals surface area (Å²) in [6.07, 6.45) is 0. The monoisotopic (exact) mass is 1830 g/mol. The van der Waals surface area contributed by atoms with Crippen LogP contribution in [0.1, 0.15) is 40.7 Å². The highest BCUT2D eigenvalue weighted by Gasteiger charge is 2.38. The van der Waals surface area contributed by atoms with Crippen molar-refractivity contribution in [2.24, 2.45) is 28.2 Å². The number of pyridine rings is 4. The van der Waals surface area contributed by atoms with Gasteiger partial charge in [-0.2, -0.15) is 0 Å². The summed E-state index contributed by atoms with van der Waals surface area (Å²) >= 11 is 43.8. The van der Waals surface area contributed by atoms with Crippen LogP contribution in [-0.4, -0.2) is 186 Å². The molecular formula is C82H70Cl7FN16O16S. The topological polar surface area (TPSA) is 355 Å². The molecule has 4 aliphatic heterocycles. The summed E-state index contributed by atoms with van der Waals surface area (Å²) in [6, 6.07) is 39.9. The molecule has 4 amide bonds. The standard InChI is InChI=1S/C21H17Cl3N4O4.C21H18Cl2N4O4.C21H18ClFN4O4.C19H17ClN4O4S/c1-25-17-5-3-13(22)11-14(17)18(19(21(25)30)28(31)32)26-6-8-27(9-7-26)20(29)12-2-4-15(23)16(24)10-12;1-24-17-7-6-15(23)12-16(17)18(19(21(24)29)27(30)31)25-8-10-26(11-9-25)20(28)13-2-4-14(22)5-3-13;1-24-17-7-4-14(22)12-16(17)18(19(21(24)29)27(30)31)25-8-10-26(11-9-25)20(28)13-2-5-15(23)6-3-13;1-21-14-5-4-12(20)11-13(14)16(17(19(21)26)24(27)28)22-6-8-23(9-7-22)18(25)15-3-2-10-29-15/h2-5,10-11H,6-9H2,1H3;2*2-7,12H,8-11H2,1H3;2-5,10-11H,6-9H2,1H3. The number of carbonyl (C=O) groups excluding carboxylic acids is 4. The predicted octanol–water partition coefficient (Wildman–Crippen LogP) is 14.4. The highest BCUT2D eigenvalue weighted by atomic mass is 35.5. The lowest BCUT2D eigenvalue weighted by Gasteiger charge is -2.36. The molecule has 0 N–H and O–H groups in total. The number of aromatic nitrogens is 4. The van der Waals surface area contributed by atoms with Gasteiger partial charge >= 0.3 is 45.0 Å². The van der Waals surface area contributed by atoms with Crippen LogP contribution in [0.5, 0.6) is 0 Å². The molecule has 0 atom stereocenters. The minimum Gasteiger partial charge on any atom is -0.362 e. The van der Waals surface area contributed by atoms with Crippen LogP contribution in [0.3, 0.4) is 0 Å². The van der Waals surface area contributed by atoms with Crippen molar-refractivity contribution in [1.29, 1.82) is 0 Å². The van der Waals surface area contributed by atoms with Gasteiger partial charge in [0.2, 0.25) is 0 Å². The fraction of sp³-hybridized carbons (Fsp3) is 0.244. The number of aryl methyl sites for hydroxylation is 4. The molecule has 4 saturated heterocycles. The number of anilines is 4.